The Labute approximate surface area is 164 Å². The number of fused-ring (bicyclic) bond motifs is 1. The summed E-state index contributed by atoms with van der Waals surface area (Å²) in [5.41, 5.74) is 2.77. The molecule has 2 saturated heterocycles. The molecule has 2 aliphatic rings. The number of morpholine rings is 1. The van der Waals surface area contributed by atoms with Crippen molar-refractivity contribution < 1.29 is 4.74 Å². The van der Waals surface area contributed by atoms with E-state index in [2.05, 4.69) is 42.2 Å². The summed E-state index contributed by atoms with van der Waals surface area (Å²) < 4.78 is 7.37. The van der Waals surface area contributed by atoms with Gasteiger partial charge in [0.15, 0.2) is 17.0 Å². The molecule has 1 aromatic carbocycles. The highest BCUT2D eigenvalue weighted by Gasteiger charge is 2.28. The van der Waals surface area contributed by atoms with Crippen LogP contribution in [0.5, 0.6) is 0 Å². The van der Waals surface area contributed by atoms with Gasteiger partial charge in [-0.1, -0.05) is 35.5 Å². The zero-order valence-corrected chi connectivity index (χ0v) is 15.9. The number of hydrogen-bond acceptors (Lipinski definition) is 7. The second kappa shape index (κ2) is 7.81. The average molecular weight is 379 g/mol. The number of rotatable bonds is 4. The van der Waals surface area contributed by atoms with Crippen LogP contribution in [0.15, 0.2) is 36.7 Å². The van der Waals surface area contributed by atoms with E-state index in [1.165, 1.54) is 12.0 Å². The van der Waals surface area contributed by atoms with Crippen LogP contribution in [0.25, 0.3) is 11.2 Å². The Kier molecular flexibility index (Phi) is 4.88. The SMILES string of the molecule is c1ccc(Cn2nnc3c(N4CCCC(N5CCOCC5)C4)ncnc32)cc1. The van der Waals surface area contributed by atoms with Crippen LogP contribution in [0.4, 0.5) is 5.82 Å². The summed E-state index contributed by atoms with van der Waals surface area (Å²) in [5, 5.41) is 8.81. The molecule has 2 fully saturated rings. The highest BCUT2D eigenvalue weighted by atomic mass is 16.5. The van der Waals surface area contributed by atoms with E-state index in [0.29, 0.717) is 12.6 Å². The molecule has 2 aromatic heterocycles. The summed E-state index contributed by atoms with van der Waals surface area (Å²) in [6.07, 6.45) is 4.03. The van der Waals surface area contributed by atoms with Crippen LogP contribution < -0.4 is 4.90 Å². The summed E-state index contributed by atoms with van der Waals surface area (Å²) in [6.45, 7) is 6.33. The minimum atomic E-state index is 0.544. The highest BCUT2D eigenvalue weighted by molar-refractivity contribution is 5.82. The maximum atomic E-state index is 5.51. The lowest BCUT2D eigenvalue weighted by Crippen LogP contribution is -2.51. The molecule has 0 spiro atoms. The molecule has 0 bridgehead atoms. The molecule has 0 N–H and O–H groups in total. The van der Waals surface area contributed by atoms with Crippen molar-refractivity contribution in [1.82, 2.24) is 29.9 Å². The molecule has 0 saturated carbocycles. The van der Waals surface area contributed by atoms with Crippen molar-refractivity contribution in [2.24, 2.45) is 0 Å². The van der Waals surface area contributed by atoms with Crippen molar-refractivity contribution in [2.75, 3.05) is 44.3 Å². The van der Waals surface area contributed by atoms with Crippen molar-refractivity contribution in [3.05, 3.63) is 42.2 Å². The number of aromatic nitrogens is 5. The third-order valence-corrected chi connectivity index (χ3v) is 5.71. The van der Waals surface area contributed by atoms with E-state index in [-0.39, 0.29) is 0 Å². The molecule has 0 radical (unpaired) electrons. The normalized spacial score (nSPS) is 21.3. The average Bonchev–Trinajstić information content (AvgIpc) is 3.18. The fourth-order valence-corrected chi connectivity index (χ4v) is 4.26. The minimum Gasteiger partial charge on any atom is -0.379 e. The molecule has 8 nitrogen and oxygen atoms in total. The molecule has 8 heteroatoms. The van der Waals surface area contributed by atoms with Gasteiger partial charge < -0.3 is 9.64 Å². The van der Waals surface area contributed by atoms with Gasteiger partial charge in [0.1, 0.15) is 6.33 Å². The second-order valence-electron chi connectivity index (χ2n) is 7.49. The van der Waals surface area contributed by atoms with E-state index in [1.54, 1.807) is 6.33 Å². The smallest absolute Gasteiger partial charge is 0.184 e. The number of benzene rings is 1. The van der Waals surface area contributed by atoms with E-state index in [4.69, 9.17) is 4.74 Å². The molecule has 0 amide bonds. The first-order chi connectivity index (χ1) is 13.9. The number of hydrogen-bond donors (Lipinski definition) is 0. The first-order valence-corrected chi connectivity index (χ1v) is 10.0. The van der Waals surface area contributed by atoms with Crippen molar-refractivity contribution >= 4 is 17.0 Å². The Hall–Kier alpha value is -2.58. The summed E-state index contributed by atoms with van der Waals surface area (Å²) in [7, 11) is 0. The van der Waals surface area contributed by atoms with Crippen molar-refractivity contribution in [1.29, 1.82) is 0 Å². The van der Waals surface area contributed by atoms with Gasteiger partial charge in [-0.25, -0.2) is 14.6 Å². The molecule has 146 valence electrons. The molecule has 2 aliphatic heterocycles. The predicted molar refractivity (Wildman–Crippen MR) is 106 cm³/mol. The maximum Gasteiger partial charge on any atom is 0.184 e. The van der Waals surface area contributed by atoms with E-state index >= 15 is 0 Å². The number of ether oxygens (including phenoxy) is 1. The van der Waals surface area contributed by atoms with Crippen molar-refractivity contribution in [2.45, 2.75) is 25.4 Å². The summed E-state index contributed by atoms with van der Waals surface area (Å²) >= 11 is 0. The Balaban J connectivity index is 1.39. The standard InChI is InChI=1S/C20H25N7O/c1-2-5-16(6-3-1)13-27-20-18(23-24-27)19(21-15-22-20)26-8-4-7-17(14-26)25-9-11-28-12-10-25/h1-3,5-6,15,17H,4,7-14H2. The van der Waals surface area contributed by atoms with E-state index < -0.39 is 0 Å². The highest BCUT2D eigenvalue weighted by Crippen LogP contribution is 2.26. The zero-order chi connectivity index (χ0) is 18.8. The van der Waals surface area contributed by atoms with Crippen LogP contribution in [0.2, 0.25) is 0 Å². The molecular formula is C20H25N7O. The fraction of sp³-hybridized carbons (Fsp3) is 0.500. The van der Waals surface area contributed by atoms with Gasteiger partial charge in [-0.05, 0) is 18.4 Å². The molecule has 4 heterocycles. The Bertz CT molecular complexity index is 923. The van der Waals surface area contributed by atoms with Gasteiger partial charge >= 0.3 is 0 Å². The van der Waals surface area contributed by atoms with Gasteiger partial charge in [0.05, 0.1) is 19.8 Å². The number of piperidine rings is 1. The van der Waals surface area contributed by atoms with Gasteiger partial charge in [0, 0.05) is 32.2 Å². The zero-order valence-electron chi connectivity index (χ0n) is 15.9. The maximum absolute atomic E-state index is 5.51. The molecule has 3 aromatic rings. The third kappa shape index (κ3) is 3.45. The largest absolute Gasteiger partial charge is 0.379 e. The molecule has 0 aliphatic carbocycles. The number of anilines is 1. The lowest BCUT2D eigenvalue weighted by molar-refractivity contribution is 0.0137. The third-order valence-electron chi connectivity index (χ3n) is 5.71. The quantitative estimate of drug-likeness (QED) is 0.681. The Morgan fingerprint density at radius 3 is 2.75 bits per heavy atom. The predicted octanol–water partition coefficient (Wildman–Crippen LogP) is 1.57. The molecule has 1 atom stereocenters. The van der Waals surface area contributed by atoms with Crippen LogP contribution in [0.3, 0.4) is 0 Å². The lowest BCUT2D eigenvalue weighted by atomic mass is 10.0. The van der Waals surface area contributed by atoms with Crippen LogP contribution in [-0.2, 0) is 11.3 Å². The van der Waals surface area contributed by atoms with E-state index in [1.807, 2.05) is 22.9 Å². The van der Waals surface area contributed by atoms with Crippen LogP contribution >= 0.6 is 0 Å². The van der Waals surface area contributed by atoms with Gasteiger partial charge in [0.2, 0.25) is 0 Å². The Morgan fingerprint density at radius 1 is 1.04 bits per heavy atom. The summed E-state index contributed by atoms with van der Waals surface area (Å²) in [4.78, 5) is 14.0. The Morgan fingerprint density at radius 2 is 1.89 bits per heavy atom. The van der Waals surface area contributed by atoms with E-state index in [0.717, 1.165) is 62.8 Å². The first kappa shape index (κ1) is 17.5. The van der Waals surface area contributed by atoms with Gasteiger partial charge in [0.25, 0.3) is 0 Å². The number of nitrogens with zero attached hydrogens (tertiary/aromatic N) is 7. The van der Waals surface area contributed by atoms with Crippen LogP contribution in [0, 0.1) is 0 Å². The fourth-order valence-electron chi connectivity index (χ4n) is 4.26. The first-order valence-electron chi connectivity index (χ1n) is 10.0. The molecule has 1 unspecified atom stereocenters. The van der Waals surface area contributed by atoms with Crippen LogP contribution in [-0.4, -0.2) is 75.3 Å². The van der Waals surface area contributed by atoms with Gasteiger partial charge in [-0.15, -0.1) is 5.10 Å². The monoisotopic (exact) mass is 379 g/mol. The van der Waals surface area contributed by atoms with Crippen molar-refractivity contribution in [3.63, 3.8) is 0 Å². The summed E-state index contributed by atoms with van der Waals surface area (Å²) in [6, 6.07) is 10.8. The van der Waals surface area contributed by atoms with E-state index in [9.17, 15) is 0 Å². The molecule has 28 heavy (non-hydrogen) atoms. The van der Waals surface area contributed by atoms with Gasteiger partial charge in [-0.2, -0.15) is 0 Å². The minimum absolute atomic E-state index is 0.544. The van der Waals surface area contributed by atoms with Gasteiger partial charge in [-0.3, -0.25) is 4.90 Å². The summed E-state index contributed by atoms with van der Waals surface area (Å²) in [5.74, 6) is 0.905. The molecular weight excluding hydrogens is 354 g/mol. The van der Waals surface area contributed by atoms with Crippen LogP contribution in [0.1, 0.15) is 18.4 Å². The molecule has 5 rings (SSSR count). The van der Waals surface area contributed by atoms with Crippen molar-refractivity contribution in [3.8, 4) is 0 Å². The topological polar surface area (TPSA) is 72.2 Å². The lowest BCUT2D eigenvalue weighted by Gasteiger charge is -2.41. The second-order valence-corrected chi connectivity index (χ2v) is 7.49.